The Kier molecular flexibility index (Phi) is 4.24. The van der Waals surface area contributed by atoms with Gasteiger partial charge in [-0.3, -0.25) is 4.79 Å². The van der Waals surface area contributed by atoms with E-state index in [0.717, 1.165) is 18.4 Å². The van der Waals surface area contributed by atoms with E-state index in [1.165, 1.54) is 30.4 Å². The van der Waals surface area contributed by atoms with Crippen LogP contribution in [0.25, 0.3) is 0 Å². The van der Waals surface area contributed by atoms with Crippen LogP contribution in [0.2, 0.25) is 0 Å². The first-order chi connectivity index (χ1) is 8.66. The van der Waals surface area contributed by atoms with Crippen LogP contribution < -0.4 is 0 Å². The van der Waals surface area contributed by atoms with Crippen LogP contribution in [0.1, 0.15) is 48.8 Å². The minimum atomic E-state index is -0.774. The van der Waals surface area contributed by atoms with Crippen molar-refractivity contribution in [2.24, 2.45) is 0 Å². The van der Waals surface area contributed by atoms with Crippen molar-refractivity contribution in [3.63, 3.8) is 0 Å². The van der Waals surface area contributed by atoms with Crippen molar-refractivity contribution in [1.29, 1.82) is 0 Å². The number of aliphatic carboxylic acids is 1. The minimum Gasteiger partial charge on any atom is -0.508 e. The van der Waals surface area contributed by atoms with Gasteiger partial charge in [0.2, 0.25) is 0 Å². The van der Waals surface area contributed by atoms with E-state index in [-0.39, 0.29) is 6.42 Å². The zero-order valence-corrected chi connectivity index (χ0v) is 10.6. The molecule has 0 aromatic heterocycles. The van der Waals surface area contributed by atoms with Crippen LogP contribution in [0.3, 0.4) is 0 Å². The van der Waals surface area contributed by atoms with Crippen molar-refractivity contribution in [1.82, 2.24) is 0 Å². The first-order valence-corrected chi connectivity index (χ1v) is 6.72. The fraction of sp³-hybridized carbons (Fsp3) is 0.533. The lowest BCUT2D eigenvalue weighted by molar-refractivity contribution is -0.137. The third-order valence-electron chi connectivity index (χ3n) is 3.63. The van der Waals surface area contributed by atoms with Gasteiger partial charge in [-0.25, -0.2) is 0 Å². The second-order valence-corrected chi connectivity index (χ2v) is 5.06. The average molecular weight is 248 g/mol. The third kappa shape index (κ3) is 3.25. The number of carbonyl (C=O) groups is 1. The van der Waals surface area contributed by atoms with E-state index >= 15 is 0 Å². The summed E-state index contributed by atoms with van der Waals surface area (Å²) < 4.78 is 0. The Balaban J connectivity index is 2.11. The van der Waals surface area contributed by atoms with Crippen molar-refractivity contribution in [3.05, 3.63) is 28.8 Å². The maximum absolute atomic E-state index is 10.5. The summed E-state index contributed by atoms with van der Waals surface area (Å²) in [6.45, 7) is 0. The van der Waals surface area contributed by atoms with Gasteiger partial charge >= 0.3 is 5.97 Å². The number of aromatic hydroxyl groups is 1. The maximum Gasteiger partial charge on any atom is 0.303 e. The summed E-state index contributed by atoms with van der Waals surface area (Å²) in [7, 11) is 0. The Labute approximate surface area is 107 Å². The molecule has 98 valence electrons. The SMILES string of the molecule is O=C(O)CCCc1cc2c(cc1O)CCCCC2. The van der Waals surface area contributed by atoms with E-state index in [0.29, 0.717) is 18.6 Å². The van der Waals surface area contributed by atoms with Crippen molar-refractivity contribution < 1.29 is 15.0 Å². The normalized spacial score (nSPS) is 14.9. The van der Waals surface area contributed by atoms with Crippen LogP contribution in [-0.4, -0.2) is 16.2 Å². The number of fused-ring (bicyclic) bond motifs is 1. The summed E-state index contributed by atoms with van der Waals surface area (Å²) in [5, 5.41) is 18.6. The molecule has 0 amide bonds. The number of phenolic OH excluding ortho intramolecular Hbond substituents is 1. The number of aryl methyl sites for hydroxylation is 3. The van der Waals surface area contributed by atoms with Gasteiger partial charge < -0.3 is 10.2 Å². The number of benzene rings is 1. The van der Waals surface area contributed by atoms with Gasteiger partial charge in [-0.1, -0.05) is 12.5 Å². The molecule has 0 fully saturated rings. The molecule has 0 saturated carbocycles. The first kappa shape index (κ1) is 12.9. The van der Waals surface area contributed by atoms with Crippen LogP contribution >= 0.6 is 0 Å². The molecule has 0 unspecified atom stereocenters. The number of carboxylic acid groups (broad SMARTS) is 1. The molecule has 1 aliphatic rings. The Morgan fingerprint density at radius 1 is 1.11 bits per heavy atom. The zero-order valence-electron chi connectivity index (χ0n) is 10.6. The fourth-order valence-corrected chi connectivity index (χ4v) is 2.63. The van der Waals surface area contributed by atoms with E-state index in [1.807, 2.05) is 6.07 Å². The molecule has 0 aliphatic heterocycles. The van der Waals surface area contributed by atoms with Crippen LogP contribution in [-0.2, 0) is 24.1 Å². The van der Waals surface area contributed by atoms with Crippen molar-refractivity contribution in [2.45, 2.75) is 51.4 Å². The molecule has 1 aromatic rings. The Morgan fingerprint density at radius 2 is 1.78 bits per heavy atom. The van der Waals surface area contributed by atoms with Crippen LogP contribution in [0.5, 0.6) is 5.75 Å². The quantitative estimate of drug-likeness (QED) is 0.805. The second-order valence-electron chi connectivity index (χ2n) is 5.06. The molecule has 2 rings (SSSR count). The van der Waals surface area contributed by atoms with E-state index < -0.39 is 5.97 Å². The number of hydrogen-bond acceptors (Lipinski definition) is 2. The molecule has 3 heteroatoms. The zero-order chi connectivity index (χ0) is 13.0. The molecule has 1 aliphatic carbocycles. The summed E-state index contributed by atoms with van der Waals surface area (Å²) >= 11 is 0. The average Bonchev–Trinajstić information content (AvgIpc) is 2.53. The van der Waals surface area contributed by atoms with Crippen LogP contribution in [0.15, 0.2) is 12.1 Å². The predicted molar refractivity (Wildman–Crippen MR) is 69.9 cm³/mol. The smallest absolute Gasteiger partial charge is 0.303 e. The summed E-state index contributed by atoms with van der Waals surface area (Å²) in [6.07, 6.45) is 7.20. The lowest BCUT2D eigenvalue weighted by atomic mass is 9.96. The molecule has 0 bridgehead atoms. The van der Waals surface area contributed by atoms with Crippen molar-refractivity contribution >= 4 is 5.97 Å². The summed E-state index contributed by atoms with van der Waals surface area (Å²) in [4.78, 5) is 10.5. The molecule has 0 atom stereocenters. The van der Waals surface area contributed by atoms with E-state index in [4.69, 9.17) is 5.11 Å². The topological polar surface area (TPSA) is 57.5 Å². The second kappa shape index (κ2) is 5.89. The largest absolute Gasteiger partial charge is 0.508 e. The van der Waals surface area contributed by atoms with Gasteiger partial charge in [0.15, 0.2) is 0 Å². The molecule has 2 N–H and O–H groups in total. The highest BCUT2D eigenvalue weighted by molar-refractivity contribution is 5.66. The summed E-state index contributed by atoms with van der Waals surface area (Å²) in [5.74, 6) is -0.440. The number of rotatable bonds is 4. The van der Waals surface area contributed by atoms with Crippen LogP contribution in [0.4, 0.5) is 0 Å². The Hall–Kier alpha value is -1.51. The maximum atomic E-state index is 10.5. The molecular formula is C15H20O3. The van der Waals surface area contributed by atoms with E-state index in [1.54, 1.807) is 0 Å². The van der Waals surface area contributed by atoms with Gasteiger partial charge in [-0.2, -0.15) is 0 Å². The lowest BCUT2D eigenvalue weighted by Crippen LogP contribution is -1.98. The third-order valence-corrected chi connectivity index (χ3v) is 3.63. The van der Waals surface area contributed by atoms with E-state index in [2.05, 4.69) is 6.07 Å². The minimum absolute atomic E-state index is 0.163. The highest BCUT2D eigenvalue weighted by Gasteiger charge is 2.12. The highest BCUT2D eigenvalue weighted by atomic mass is 16.4. The number of phenols is 1. The van der Waals surface area contributed by atoms with Gasteiger partial charge in [0, 0.05) is 6.42 Å². The summed E-state index contributed by atoms with van der Waals surface area (Å²) in [5.41, 5.74) is 3.51. The Bertz CT molecular complexity index is 438. The molecule has 1 aromatic carbocycles. The number of hydrogen-bond donors (Lipinski definition) is 2. The molecule has 0 radical (unpaired) electrons. The monoisotopic (exact) mass is 248 g/mol. The molecule has 3 nitrogen and oxygen atoms in total. The molecular weight excluding hydrogens is 228 g/mol. The van der Waals surface area contributed by atoms with Gasteiger partial charge in [0.25, 0.3) is 0 Å². The Morgan fingerprint density at radius 3 is 2.44 bits per heavy atom. The van der Waals surface area contributed by atoms with Crippen molar-refractivity contribution in [3.8, 4) is 5.75 Å². The lowest BCUT2D eigenvalue weighted by Gasteiger charge is -2.11. The van der Waals surface area contributed by atoms with Gasteiger partial charge in [-0.05, 0) is 61.3 Å². The molecule has 0 saturated heterocycles. The molecule has 0 spiro atoms. The number of carboxylic acids is 1. The standard InChI is InChI=1S/C15H20O3/c16-14-10-12-6-3-1-2-5-11(12)9-13(14)7-4-8-15(17)18/h9-10,16H,1-8H2,(H,17,18). The van der Waals surface area contributed by atoms with Crippen molar-refractivity contribution in [2.75, 3.05) is 0 Å². The first-order valence-electron chi connectivity index (χ1n) is 6.72. The van der Waals surface area contributed by atoms with E-state index in [9.17, 15) is 9.90 Å². The van der Waals surface area contributed by atoms with Crippen LogP contribution in [0, 0.1) is 0 Å². The highest BCUT2D eigenvalue weighted by Crippen LogP contribution is 2.28. The fourth-order valence-electron chi connectivity index (χ4n) is 2.63. The van der Waals surface area contributed by atoms with Gasteiger partial charge in [-0.15, -0.1) is 0 Å². The predicted octanol–water partition coefficient (Wildman–Crippen LogP) is 3.07. The van der Waals surface area contributed by atoms with Gasteiger partial charge in [0.05, 0.1) is 0 Å². The molecule has 0 heterocycles. The van der Waals surface area contributed by atoms with Gasteiger partial charge in [0.1, 0.15) is 5.75 Å². The summed E-state index contributed by atoms with van der Waals surface area (Å²) in [6, 6.07) is 3.97. The molecule has 18 heavy (non-hydrogen) atoms.